The van der Waals surface area contributed by atoms with Crippen molar-refractivity contribution in [2.24, 2.45) is 0 Å². The van der Waals surface area contributed by atoms with Crippen LogP contribution in [0.1, 0.15) is 30.9 Å². The van der Waals surface area contributed by atoms with Gasteiger partial charge in [0.15, 0.2) is 0 Å². The number of sulfonamides is 1. The first-order valence-electron chi connectivity index (χ1n) is 8.88. The summed E-state index contributed by atoms with van der Waals surface area (Å²) >= 11 is 6.19. The highest BCUT2D eigenvalue weighted by molar-refractivity contribution is 7.92. The Balaban J connectivity index is 2.44. The minimum absolute atomic E-state index is 0.133. The van der Waals surface area contributed by atoms with Gasteiger partial charge >= 0.3 is 0 Å². The zero-order chi connectivity index (χ0) is 20.0. The number of nitrogens with zero attached hydrogens (tertiary/aromatic N) is 1. The van der Waals surface area contributed by atoms with Crippen molar-refractivity contribution in [3.63, 3.8) is 0 Å². The average molecular weight is 409 g/mol. The van der Waals surface area contributed by atoms with Gasteiger partial charge in [-0.25, -0.2) is 8.42 Å². The first kappa shape index (κ1) is 21.3. The first-order valence-corrected chi connectivity index (χ1v) is 10.7. The summed E-state index contributed by atoms with van der Waals surface area (Å²) in [5, 5.41) is 3.22. The Hall–Kier alpha value is -2.05. The summed E-state index contributed by atoms with van der Waals surface area (Å²) < 4.78 is 27.7. The molecule has 0 fully saturated rings. The molecular formula is C20H25ClN2O3S. The van der Waals surface area contributed by atoms with Gasteiger partial charge in [0.1, 0.15) is 6.54 Å². The summed E-state index contributed by atoms with van der Waals surface area (Å²) in [6, 6.07) is 11.6. The van der Waals surface area contributed by atoms with E-state index in [4.69, 9.17) is 11.6 Å². The second-order valence-electron chi connectivity index (χ2n) is 6.41. The molecule has 7 heteroatoms. The van der Waals surface area contributed by atoms with Gasteiger partial charge in [-0.15, -0.1) is 0 Å². The molecule has 0 heterocycles. The molecule has 0 saturated carbocycles. The molecule has 0 unspecified atom stereocenters. The Morgan fingerprint density at radius 2 is 1.78 bits per heavy atom. The number of anilines is 1. The highest BCUT2D eigenvalue weighted by atomic mass is 35.5. The number of hydrogen-bond donors (Lipinski definition) is 1. The van der Waals surface area contributed by atoms with Crippen LogP contribution >= 0.6 is 11.6 Å². The highest BCUT2D eigenvalue weighted by Crippen LogP contribution is 2.30. The number of nitrogens with one attached hydrogen (secondary N) is 1. The van der Waals surface area contributed by atoms with Crippen molar-refractivity contribution in [3.05, 3.63) is 58.6 Å². The molecule has 0 aliphatic heterocycles. The van der Waals surface area contributed by atoms with Crippen LogP contribution in [0.4, 0.5) is 5.69 Å². The summed E-state index contributed by atoms with van der Waals surface area (Å²) in [6.45, 7) is 5.86. The van der Waals surface area contributed by atoms with Gasteiger partial charge in [-0.3, -0.25) is 9.10 Å². The zero-order valence-electron chi connectivity index (χ0n) is 15.8. The number of aryl methyl sites for hydroxylation is 1. The Morgan fingerprint density at radius 3 is 2.41 bits per heavy atom. The normalized spacial score (nSPS) is 11.3. The molecular weight excluding hydrogens is 384 g/mol. The van der Waals surface area contributed by atoms with E-state index in [2.05, 4.69) is 5.32 Å². The van der Waals surface area contributed by atoms with Gasteiger partial charge in [-0.1, -0.05) is 48.7 Å². The van der Waals surface area contributed by atoms with E-state index in [1.54, 1.807) is 49.4 Å². The fourth-order valence-electron chi connectivity index (χ4n) is 2.59. The Labute approximate surface area is 166 Å². The van der Waals surface area contributed by atoms with Gasteiger partial charge in [0.05, 0.1) is 10.6 Å². The molecule has 0 saturated heterocycles. The van der Waals surface area contributed by atoms with Crippen LogP contribution in [0.15, 0.2) is 47.4 Å². The fraction of sp³-hybridized carbons (Fsp3) is 0.350. The predicted molar refractivity (Wildman–Crippen MR) is 110 cm³/mol. The molecule has 1 N–H and O–H groups in total. The summed E-state index contributed by atoms with van der Waals surface area (Å²) in [7, 11) is -3.92. The third-order valence-corrected chi connectivity index (χ3v) is 6.44. The molecule has 0 bridgehead atoms. The third-order valence-electron chi connectivity index (χ3n) is 4.26. The van der Waals surface area contributed by atoms with Crippen LogP contribution in [0, 0.1) is 13.8 Å². The van der Waals surface area contributed by atoms with E-state index in [1.807, 2.05) is 13.8 Å². The predicted octanol–water partition coefficient (Wildman–Crippen LogP) is 4.07. The minimum atomic E-state index is -3.92. The molecule has 1 amide bonds. The van der Waals surface area contributed by atoms with Crippen LogP contribution in [0.3, 0.4) is 0 Å². The molecule has 0 radical (unpaired) electrons. The molecule has 2 rings (SSSR count). The molecule has 27 heavy (non-hydrogen) atoms. The smallest absolute Gasteiger partial charge is 0.264 e. The number of rotatable bonds is 8. The Bertz CT molecular complexity index is 896. The van der Waals surface area contributed by atoms with Gasteiger partial charge in [0.25, 0.3) is 10.0 Å². The van der Waals surface area contributed by atoms with Crippen molar-refractivity contribution in [2.75, 3.05) is 17.4 Å². The van der Waals surface area contributed by atoms with Crippen LogP contribution < -0.4 is 9.62 Å². The van der Waals surface area contributed by atoms with Gasteiger partial charge in [0, 0.05) is 11.6 Å². The maximum Gasteiger partial charge on any atom is 0.264 e. The Kier molecular flexibility index (Phi) is 7.27. The summed E-state index contributed by atoms with van der Waals surface area (Å²) in [5.41, 5.74) is 1.96. The maximum atomic E-state index is 13.3. The van der Waals surface area contributed by atoms with Crippen LogP contribution in [-0.4, -0.2) is 27.4 Å². The summed E-state index contributed by atoms with van der Waals surface area (Å²) in [5.74, 6) is -0.349. The largest absolute Gasteiger partial charge is 0.355 e. The van der Waals surface area contributed by atoms with E-state index in [9.17, 15) is 13.2 Å². The molecule has 0 atom stereocenters. The lowest BCUT2D eigenvalue weighted by atomic mass is 10.2. The molecule has 0 aliphatic carbocycles. The number of hydrogen-bond acceptors (Lipinski definition) is 3. The first-order chi connectivity index (χ1) is 12.8. The lowest BCUT2D eigenvalue weighted by Crippen LogP contribution is -2.41. The molecule has 0 aromatic heterocycles. The maximum absolute atomic E-state index is 13.3. The number of benzene rings is 2. The van der Waals surface area contributed by atoms with Gasteiger partial charge in [-0.2, -0.15) is 0 Å². The van der Waals surface area contributed by atoms with E-state index >= 15 is 0 Å². The highest BCUT2D eigenvalue weighted by Gasteiger charge is 2.28. The monoisotopic (exact) mass is 408 g/mol. The van der Waals surface area contributed by atoms with Crippen LogP contribution in [0.2, 0.25) is 5.02 Å². The van der Waals surface area contributed by atoms with E-state index in [-0.39, 0.29) is 17.3 Å². The van der Waals surface area contributed by atoms with Crippen molar-refractivity contribution in [3.8, 4) is 0 Å². The Morgan fingerprint density at radius 1 is 1.11 bits per heavy atom. The van der Waals surface area contributed by atoms with Crippen molar-refractivity contribution in [2.45, 2.75) is 38.5 Å². The third kappa shape index (κ3) is 5.23. The number of halogens is 1. The lowest BCUT2D eigenvalue weighted by Gasteiger charge is -2.26. The van der Waals surface area contributed by atoms with Crippen molar-refractivity contribution < 1.29 is 13.2 Å². The van der Waals surface area contributed by atoms with E-state index < -0.39 is 10.0 Å². The van der Waals surface area contributed by atoms with Crippen LogP contribution in [-0.2, 0) is 14.8 Å². The van der Waals surface area contributed by atoms with E-state index in [1.165, 1.54) is 0 Å². The molecule has 2 aromatic rings. The van der Waals surface area contributed by atoms with Gasteiger partial charge in [0.2, 0.25) is 5.91 Å². The molecule has 2 aromatic carbocycles. The number of carbonyl (C=O) groups is 1. The average Bonchev–Trinajstić information content (AvgIpc) is 2.63. The van der Waals surface area contributed by atoms with Crippen molar-refractivity contribution in [1.29, 1.82) is 0 Å². The molecule has 0 spiro atoms. The zero-order valence-corrected chi connectivity index (χ0v) is 17.4. The topological polar surface area (TPSA) is 66.5 Å². The SMILES string of the molecule is CCCCNC(=O)CN(c1cccc(Cl)c1C)S(=O)(=O)c1ccc(C)cc1. The number of carbonyl (C=O) groups excluding carboxylic acids is 1. The van der Waals surface area contributed by atoms with Crippen molar-refractivity contribution >= 4 is 33.2 Å². The summed E-state index contributed by atoms with van der Waals surface area (Å²) in [4.78, 5) is 12.5. The van der Waals surface area contributed by atoms with Crippen molar-refractivity contribution in [1.82, 2.24) is 5.32 Å². The number of amides is 1. The lowest BCUT2D eigenvalue weighted by molar-refractivity contribution is -0.119. The van der Waals surface area contributed by atoms with E-state index in [0.717, 1.165) is 22.7 Å². The molecule has 5 nitrogen and oxygen atoms in total. The fourth-order valence-corrected chi connectivity index (χ4v) is 4.24. The quantitative estimate of drug-likeness (QED) is 0.669. The van der Waals surface area contributed by atoms with Crippen LogP contribution in [0.25, 0.3) is 0 Å². The standard InChI is InChI=1S/C20H25ClN2O3S/c1-4-5-13-22-20(24)14-23(19-8-6-7-18(21)16(19)3)27(25,26)17-11-9-15(2)10-12-17/h6-12H,4-5,13-14H2,1-3H3,(H,22,24). The summed E-state index contributed by atoms with van der Waals surface area (Å²) in [6.07, 6.45) is 1.78. The minimum Gasteiger partial charge on any atom is -0.355 e. The second-order valence-corrected chi connectivity index (χ2v) is 8.68. The van der Waals surface area contributed by atoms with Gasteiger partial charge < -0.3 is 5.32 Å². The van der Waals surface area contributed by atoms with Gasteiger partial charge in [-0.05, 0) is 50.1 Å². The molecule has 0 aliphatic rings. The van der Waals surface area contributed by atoms with Crippen LogP contribution in [0.5, 0.6) is 0 Å². The second kappa shape index (κ2) is 9.24. The number of unbranched alkanes of at least 4 members (excludes halogenated alkanes) is 1. The van der Waals surface area contributed by atoms with E-state index in [0.29, 0.717) is 22.8 Å². The molecule has 146 valence electrons.